The number of isocyanates is 1. The molecule has 2 rings (SSSR count). The van der Waals surface area contributed by atoms with Crippen LogP contribution in [0.1, 0.15) is 0 Å². The summed E-state index contributed by atoms with van der Waals surface area (Å²) in [5.41, 5.74) is 0.322. The zero-order valence-electron chi connectivity index (χ0n) is 7.15. The van der Waals surface area contributed by atoms with Crippen molar-refractivity contribution in [3.63, 3.8) is 0 Å². The highest BCUT2D eigenvalue weighted by Crippen LogP contribution is 2.18. The van der Waals surface area contributed by atoms with Crippen molar-refractivity contribution in [2.24, 2.45) is 4.99 Å². The van der Waals surface area contributed by atoms with E-state index in [1.54, 1.807) is 24.4 Å². The summed E-state index contributed by atoms with van der Waals surface area (Å²) < 4.78 is 0. The first-order valence-electron chi connectivity index (χ1n) is 4.00. The summed E-state index contributed by atoms with van der Waals surface area (Å²) in [7, 11) is 0. The van der Waals surface area contributed by atoms with Crippen LogP contribution in [0.5, 0.6) is 0 Å². The van der Waals surface area contributed by atoms with Gasteiger partial charge in [0.25, 0.3) is 0 Å². The highest BCUT2D eigenvalue weighted by molar-refractivity contribution is 5.84. The molecule has 4 nitrogen and oxygen atoms in total. The first kappa shape index (κ1) is 8.41. The minimum atomic E-state index is -0.176. The number of aromatic amines is 1. The van der Waals surface area contributed by atoms with E-state index in [1.807, 2.05) is 0 Å². The molecule has 0 aliphatic carbocycles. The van der Waals surface area contributed by atoms with Crippen LogP contribution in [0.3, 0.4) is 0 Å². The van der Waals surface area contributed by atoms with E-state index in [0.29, 0.717) is 5.69 Å². The van der Waals surface area contributed by atoms with Gasteiger partial charge in [0.1, 0.15) is 0 Å². The number of nitrogens with one attached hydrogen (secondary N) is 1. The van der Waals surface area contributed by atoms with Gasteiger partial charge in [-0.15, -0.1) is 0 Å². The number of benzene rings is 1. The van der Waals surface area contributed by atoms with Crippen molar-refractivity contribution < 1.29 is 4.79 Å². The molecular weight excluding hydrogens is 180 g/mol. The predicted molar refractivity (Wildman–Crippen MR) is 52.4 cm³/mol. The lowest BCUT2D eigenvalue weighted by atomic mass is 10.1. The van der Waals surface area contributed by atoms with E-state index in [2.05, 4.69) is 9.98 Å². The molecular formula is C10H6N2O2. The monoisotopic (exact) mass is 186 g/mol. The van der Waals surface area contributed by atoms with Gasteiger partial charge in [0.15, 0.2) is 0 Å². The maximum Gasteiger partial charge on any atom is 0.248 e. The summed E-state index contributed by atoms with van der Waals surface area (Å²) in [6.45, 7) is 0. The molecule has 0 radical (unpaired) electrons. The van der Waals surface area contributed by atoms with Crippen molar-refractivity contribution in [1.29, 1.82) is 0 Å². The topological polar surface area (TPSA) is 62.3 Å². The van der Waals surface area contributed by atoms with Gasteiger partial charge in [-0.3, -0.25) is 4.79 Å². The van der Waals surface area contributed by atoms with Gasteiger partial charge in [0, 0.05) is 12.3 Å². The Morgan fingerprint density at radius 1 is 1.21 bits per heavy atom. The van der Waals surface area contributed by atoms with Crippen LogP contribution < -0.4 is 5.56 Å². The Hall–Kier alpha value is -2.19. The normalized spacial score (nSPS) is 9.71. The third kappa shape index (κ3) is 1.46. The van der Waals surface area contributed by atoms with E-state index >= 15 is 0 Å². The lowest BCUT2D eigenvalue weighted by molar-refractivity contribution is 0.565. The largest absolute Gasteiger partial charge is 0.328 e. The molecule has 0 atom stereocenters. The summed E-state index contributed by atoms with van der Waals surface area (Å²) in [6, 6.07) is 6.58. The first-order valence-corrected chi connectivity index (χ1v) is 4.00. The number of rotatable bonds is 1. The second-order valence-corrected chi connectivity index (χ2v) is 2.81. The van der Waals surface area contributed by atoms with Gasteiger partial charge in [-0.2, -0.15) is 4.99 Å². The van der Waals surface area contributed by atoms with Crippen LogP contribution in [-0.2, 0) is 4.79 Å². The SMILES string of the molecule is O=C=Nc1ccc2c[nH]c(=O)cc2c1. The molecule has 0 fully saturated rings. The van der Waals surface area contributed by atoms with Crippen LogP contribution in [0, 0.1) is 0 Å². The molecule has 1 heterocycles. The summed E-state index contributed by atoms with van der Waals surface area (Å²) >= 11 is 0. The van der Waals surface area contributed by atoms with Crippen molar-refractivity contribution in [3.8, 4) is 0 Å². The van der Waals surface area contributed by atoms with Crippen LogP contribution in [0.2, 0.25) is 0 Å². The Labute approximate surface area is 78.9 Å². The average Bonchev–Trinajstić information content (AvgIpc) is 2.17. The van der Waals surface area contributed by atoms with Gasteiger partial charge in [-0.05, 0) is 22.9 Å². The van der Waals surface area contributed by atoms with Crippen molar-refractivity contribution >= 4 is 22.5 Å². The first-order chi connectivity index (χ1) is 6.79. The molecule has 0 amide bonds. The van der Waals surface area contributed by atoms with Crippen LogP contribution in [0.4, 0.5) is 5.69 Å². The summed E-state index contributed by atoms with van der Waals surface area (Å²) in [6.07, 6.45) is 3.07. The van der Waals surface area contributed by atoms with Crippen molar-refractivity contribution in [3.05, 3.63) is 40.8 Å². The molecule has 4 heteroatoms. The lowest BCUT2D eigenvalue weighted by Gasteiger charge is -1.96. The molecule has 1 aromatic carbocycles. The molecule has 1 N–H and O–H groups in total. The molecule has 0 aliphatic heterocycles. The van der Waals surface area contributed by atoms with E-state index in [1.165, 1.54) is 12.1 Å². The highest BCUT2D eigenvalue weighted by Gasteiger charge is 1.95. The summed E-state index contributed by atoms with van der Waals surface area (Å²) in [5, 5.41) is 1.65. The van der Waals surface area contributed by atoms with E-state index in [0.717, 1.165) is 10.8 Å². The molecule has 0 saturated heterocycles. The second-order valence-electron chi connectivity index (χ2n) is 2.81. The van der Waals surface area contributed by atoms with Gasteiger partial charge in [-0.1, -0.05) is 6.07 Å². The third-order valence-electron chi connectivity index (χ3n) is 1.90. The van der Waals surface area contributed by atoms with E-state index in [9.17, 15) is 9.59 Å². The number of pyridine rings is 1. The van der Waals surface area contributed by atoms with Crippen molar-refractivity contribution in [2.75, 3.05) is 0 Å². The van der Waals surface area contributed by atoms with Gasteiger partial charge >= 0.3 is 0 Å². The zero-order valence-corrected chi connectivity index (χ0v) is 7.15. The number of carbonyl (C=O) groups excluding carboxylic acids is 1. The minimum Gasteiger partial charge on any atom is -0.328 e. The van der Waals surface area contributed by atoms with Gasteiger partial charge in [0.2, 0.25) is 11.6 Å². The number of hydrogen-bond donors (Lipinski definition) is 1. The van der Waals surface area contributed by atoms with E-state index in [-0.39, 0.29) is 5.56 Å². The van der Waals surface area contributed by atoms with Gasteiger partial charge in [0.05, 0.1) is 5.69 Å². The maximum absolute atomic E-state index is 11.0. The zero-order chi connectivity index (χ0) is 9.97. The Balaban J connectivity index is 2.75. The second kappa shape index (κ2) is 3.28. The number of aliphatic imine (C=N–C) groups is 1. The van der Waals surface area contributed by atoms with Gasteiger partial charge < -0.3 is 4.98 Å². The number of hydrogen-bond acceptors (Lipinski definition) is 3. The van der Waals surface area contributed by atoms with E-state index < -0.39 is 0 Å². The van der Waals surface area contributed by atoms with Crippen molar-refractivity contribution in [1.82, 2.24) is 4.98 Å². The summed E-state index contributed by atoms with van der Waals surface area (Å²) in [4.78, 5) is 27.0. The fourth-order valence-corrected chi connectivity index (χ4v) is 1.27. The number of nitrogens with zero attached hydrogens (tertiary/aromatic N) is 1. The Morgan fingerprint density at radius 3 is 2.86 bits per heavy atom. The molecule has 0 spiro atoms. The number of H-pyrrole nitrogens is 1. The fraction of sp³-hybridized carbons (Fsp3) is 0. The van der Waals surface area contributed by atoms with Crippen LogP contribution in [0.25, 0.3) is 10.8 Å². The number of aromatic nitrogens is 1. The fourth-order valence-electron chi connectivity index (χ4n) is 1.27. The molecule has 0 unspecified atom stereocenters. The Bertz CT molecular complexity index is 580. The standard InChI is InChI=1S/C10H6N2O2/c13-6-12-9-2-1-7-5-11-10(14)4-8(7)3-9/h1-5H,(H,11,14). The number of fused-ring (bicyclic) bond motifs is 1. The molecule has 0 saturated carbocycles. The summed E-state index contributed by atoms with van der Waals surface area (Å²) in [5.74, 6) is 0. The molecule has 1 aromatic heterocycles. The minimum absolute atomic E-state index is 0.176. The predicted octanol–water partition coefficient (Wildman–Crippen LogP) is 1.50. The van der Waals surface area contributed by atoms with Crippen LogP contribution in [0.15, 0.2) is 40.2 Å². The molecule has 14 heavy (non-hydrogen) atoms. The molecule has 0 aliphatic rings. The maximum atomic E-state index is 11.0. The molecule has 2 aromatic rings. The Morgan fingerprint density at radius 2 is 2.07 bits per heavy atom. The third-order valence-corrected chi connectivity index (χ3v) is 1.90. The highest BCUT2D eigenvalue weighted by atomic mass is 16.1. The van der Waals surface area contributed by atoms with Crippen LogP contribution in [-0.4, -0.2) is 11.1 Å². The van der Waals surface area contributed by atoms with E-state index in [4.69, 9.17) is 0 Å². The van der Waals surface area contributed by atoms with Crippen LogP contribution >= 0.6 is 0 Å². The lowest BCUT2D eigenvalue weighted by Crippen LogP contribution is -2.01. The van der Waals surface area contributed by atoms with Crippen molar-refractivity contribution in [2.45, 2.75) is 0 Å². The molecule has 0 bridgehead atoms. The quantitative estimate of drug-likeness (QED) is 0.541. The molecule has 68 valence electrons. The average molecular weight is 186 g/mol. The smallest absolute Gasteiger partial charge is 0.248 e. The Kier molecular flexibility index (Phi) is 1.97. The van der Waals surface area contributed by atoms with Gasteiger partial charge in [-0.25, -0.2) is 4.79 Å².